The highest BCUT2D eigenvalue weighted by Gasteiger charge is 2.37. The van der Waals surface area contributed by atoms with Gasteiger partial charge in [0.25, 0.3) is 0 Å². The van der Waals surface area contributed by atoms with Crippen LogP contribution in [-0.2, 0) is 14.8 Å². The number of aliphatic carboxylic acids is 1. The molecule has 28 heavy (non-hydrogen) atoms. The Balaban J connectivity index is 1.98. The number of carbonyl (C=O) groups is 1. The number of sulfonamides is 1. The van der Waals surface area contributed by atoms with Gasteiger partial charge in [0, 0.05) is 0 Å². The van der Waals surface area contributed by atoms with Crippen molar-refractivity contribution in [3.05, 3.63) is 71.3 Å². The Morgan fingerprint density at radius 1 is 1.11 bits per heavy atom. The summed E-state index contributed by atoms with van der Waals surface area (Å²) >= 11 is 0. The van der Waals surface area contributed by atoms with E-state index in [9.17, 15) is 18.3 Å². The first-order chi connectivity index (χ1) is 13.1. The molecule has 0 saturated carbocycles. The van der Waals surface area contributed by atoms with Crippen LogP contribution in [0.3, 0.4) is 0 Å². The average molecular weight is 400 g/mol. The molecule has 1 aliphatic rings. The van der Waals surface area contributed by atoms with E-state index < -0.39 is 27.4 Å². The summed E-state index contributed by atoms with van der Waals surface area (Å²) in [5, 5.41) is 9.53. The molecule has 0 aliphatic heterocycles. The molecule has 2 atom stereocenters. The van der Waals surface area contributed by atoms with Gasteiger partial charge in [0.2, 0.25) is 10.0 Å². The summed E-state index contributed by atoms with van der Waals surface area (Å²) in [6, 6.07) is 13.7. The molecule has 5 nitrogen and oxygen atoms in total. The largest absolute Gasteiger partial charge is 0.481 e. The van der Waals surface area contributed by atoms with E-state index in [0.717, 1.165) is 16.7 Å². The number of nitrogens with one attached hydrogen (secondary N) is 1. The van der Waals surface area contributed by atoms with Crippen LogP contribution in [0.5, 0.6) is 0 Å². The molecular weight excluding hydrogens is 374 g/mol. The maximum Gasteiger partial charge on any atom is 0.309 e. The highest BCUT2D eigenvalue weighted by atomic mass is 32.2. The molecule has 6 heteroatoms. The molecule has 0 radical (unpaired) electrons. The lowest BCUT2D eigenvalue weighted by Crippen LogP contribution is -2.37. The van der Waals surface area contributed by atoms with Gasteiger partial charge in [-0.05, 0) is 56.4 Å². The SMILES string of the molecule is Cc1ccc(S(=O)(=O)NC2c3ccccc3C=CC2CC(C)(C)C(=O)O)cc1. The first-order valence-corrected chi connectivity index (χ1v) is 10.7. The van der Waals surface area contributed by atoms with Gasteiger partial charge in [0.05, 0.1) is 16.4 Å². The minimum absolute atomic E-state index is 0.196. The first kappa shape index (κ1) is 20.3. The third-order valence-corrected chi connectivity index (χ3v) is 6.68. The molecule has 2 aromatic rings. The summed E-state index contributed by atoms with van der Waals surface area (Å²) in [6.07, 6.45) is 4.16. The second-order valence-electron chi connectivity index (χ2n) is 7.96. The quantitative estimate of drug-likeness (QED) is 0.764. The van der Waals surface area contributed by atoms with Crippen molar-refractivity contribution in [1.29, 1.82) is 0 Å². The van der Waals surface area contributed by atoms with Crippen LogP contribution in [0.25, 0.3) is 6.08 Å². The fourth-order valence-corrected chi connectivity index (χ4v) is 4.75. The molecule has 3 rings (SSSR count). The Bertz CT molecular complexity index is 1010. The number of rotatable bonds is 6. The topological polar surface area (TPSA) is 83.5 Å². The summed E-state index contributed by atoms with van der Waals surface area (Å²) < 4.78 is 28.9. The van der Waals surface area contributed by atoms with Gasteiger partial charge in [-0.1, -0.05) is 54.1 Å². The van der Waals surface area contributed by atoms with E-state index in [1.54, 1.807) is 38.1 Å². The van der Waals surface area contributed by atoms with Crippen molar-refractivity contribution < 1.29 is 18.3 Å². The Morgan fingerprint density at radius 3 is 2.39 bits per heavy atom. The maximum absolute atomic E-state index is 13.0. The smallest absolute Gasteiger partial charge is 0.309 e. The maximum atomic E-state index is 13.0. The zero-order valence-electron chi connectivity index (χ0n) is 16.2. The Kier molecular flexibility index (Phi) is 5.46. The van der Waals surface area contributed by atoms with Gasteiger partial charge in [0.15, 0.2) is 0 Å². The second-order valence-corrected chi connectivity index (χ2v) is 9.67. The van der Waals surface area contributed by atoms with Gasteiger partial charge in [-0.2, -0.15) is 0 Å². The summed E-state index contributed by atoms with van der Waals surface area (Å²) in [4.78, 5) is 11.8. The minimum Gasteiger partial charge on any atom is -0.481 e. The summed E-state index contributed by atoms with van der Waals surface area (Å²) in [7, 11) is -3.76. The average Bonchev–Trinajstić information content (AvgIpc) is 2.63. The van der Waals surface area contributed by atoms with Gasteiger partial charge in [-0.3, -0.25) is 4.79 Å². The lowest BCUT2D eigenvalue weighted by Gasteiger charge is -2.34. The van der Waals surface area contributed by atoms with Crippen molar-refractivity contribution in [2.75, 3.05) is 0 Å². The Labute approximate surface area is 166 Å². The summed E-state index contributed by atoms with van der Waals surface area (Å²) in [6.45, 7) is 5.22. The van der Waals surface area contributed by atoms with E-state index in [2.05, 4.69) is 4.72 Å². The number of benzene rings is 2. The normalized spacial score (nSPS) is 19.2. The summed E-state index contributed by atoms with van der Waals surface area (Å²) in [5.41, 5.74) is 1.79. The van der Waals surface area contributed by atoms with Crippen molar-refractivity contribution in [2.24, 2.45) is 11.3 Å². The predicted octanol–water partition coefficient (Wildman–Crippen LogP) is 4.16. The van der Waals surface area contributed by atoms with E-state index in [0.29, 0.717) is 6.42 Å². The lowest BCUT2D eigenvalue weighted by atomic mass is 9.75. The molecule has 2 unspecified atom stereocenters. The zero-order valence-corrected chi connectivity index (χ0v) is 17.0. The lowest BCUT2D eigenvalue weighted by molar-refractivity contribution is -0.147. The van der Waals surface area contributed by atoms with E-state index in [1.807, 2.05) is 43.3 Å². The van der Waals surface area contributed by atoms with Gasteiger partial charge >= 0.3 is 5.97 Å². The molecule has 0 amide bonds. The number of aryl methyl sites for hydroxylation is 1. The third kappa shape index (κ3) is 4.18. The van der Waals surface area contributed by atoms with Crippen LogP contribution >= 0.6 is 0 Å². The number of carboxylic acids is 1. The van der Waals surface area contributed by atoms with Gasteiger partial charge in [0.1, 0.15) is 0 Å². The van der Waals surface area contributed by atoms with Crippen LogP contribution in [0.15, 0.2) is 59.5 Å². The van der Waals surface area contributed by atoms with Crippen LogP contribution in [0.1, 0.15) is 43.0 Å². The fraction of sp³-hybridized carbons (Fsp3) is 0.318. The molecule has 0 aromatic heterocycles. The van der Waals surface area contributed by atoms with Crippen molar-refractivity contribution >= 4 is 22.1 Å². The van der Waals surface area contributed by atoms with Crippen LogP contribution in [0.2, 0.25) is 0 Å². The van der Waals surface area contributed by atoms with Crippen LogP contribution in [-0.4, -0.2) is 19.5 Å². The Morgan fingerprint density at radius 2 is 1.75 bits per heavy atom. The van der Waals surface area contributed by atoms with Crippen molar-refractivity contribution in [2.45, 2.75) is 38.1 Å². The van der Waals surface area contributed by atoms with Crippen molar-refractivity contribution in [3.63, 3.8) is 0 Å². The molecule has 0 bridgehead atoms. The van der Waals surface area contributed by atoms with E-state index in [-0.39, 0.29) is 10.8 Å². The highest BCUT2D eigenvalue weighted by Crippen LogP contribution is 2.40. The molecule has 0 saturated heterocycles. The van der Waals surface area contributed by atoms with E-state index in [1.165, 1.54) is 0 Å². The molecule has 148 valence electrons. The minimum atomic E-state index is -3.76. The Hall–Kier alpha value is -2.44. The first-order valence-electron chi connectivity index (χ1n) is 9.20. The molecule has 0 heterocycles. The van der Waals surface area contributed by atoms with Crippen molar-refractivity contribution in [1.82, 2.24) is 4.72 Å². The monoisotopic (exact) mass is 399 g/mol. The van der Waals surface area contributed by atoms with Gasteiger partial charge in [-0.15, -0.1) is 0 Å². The third-order valence-electron chi connectivity index (χ3n) is 5.22. The van der Waals surface area contributed by atoms with Crippen LogP contribution in [0, 0.1) is 18.3 Å². The molecule has 1 aliphatic carbocycles. The molecule has 2 aromatic carbocycles. The highest BCUT2D eigenvalue weighted by molar-refractivity contribution is 7.89. The van der Waals surface area contributed by atoms with Gasteiger partial charge in [-0.25, -0.2) is 13.1 Å². The van der Waals surface area contributed by atoms with Crippen molar-refractivity contribution in [3.8, 4) is 0 Å². The summed E-state index contributed by atoms with van der Waals surface area (Å²) in [5.74, 6) is -1.18. The van der Waals surface area contributed by atoms with Crippen LogP contribution in [0.4, 0.5) is 0 Å². The number of carboxylic acid groups (broad SMARTS) is 1. The van der Waals surface area contributed by atoms with Crippen LogP contribution < -0.4 is 4.72 Å². The van der Waals surface area contributed by atoms with E-state index >= 15 is 0 Å². The predicted molar refractivity (Wildman–Crippen MR) is 109 cm³/mol. The van der Waals surface area contributed by atoms with E-state index in [4.69, 9.17) is 0 Å². The standard InChI is InChI=1S/C22H25NO4S/c1-15-8-12-18(13-9-15)28(26,27)23-20-17(14-22(2,3)21(24)25)11-10-16-6-4-5-7-19(16)20/h4-13,17,20,23H,14H2,1-3H3,(H,24,25). The molecular formula is C22H25NO4S. The number of hydrogen-bond acceptors (Lipinski definition) is 3. The zero-order chi connectivity index (χ0) is 20.5. The molecule has 2 N–H and O–H groups in total. The number of hydrogen-bond donors (Lipinski definition) is 2. The second kappa shape index (κ2) is 7.53. The fourth-order valence-electron chi connectivity index (χ4n) is 3.48. The molecule has 0 spiro atoms. The number of fused-ring (bicyclic) bond motifs is 1. The van der Waals surface area contributed by atoms with Gasteiger partial charge < -0.3 is 5.11 Å². The molecule has 0 fully saturated rings.